The summed E-state index contributed by atoms with van der Waals surface area (Å²) in [6.07, 6.45) is 16.6. The highest BCUT2D eigenvalue weighted by Gasteiger charge is 2.48. The van der Waals surface area contributed by atoms with Crippen LogP contribution in [0.4, 0.5) is 5.82 Å². The van der Waals surface area contributed by atoms with Crippen molar-refractivity contribution in [2.24, 2.45) is 0 Å². The topological polar surface area (TPSA) is 106 Å². The second kappa shape index (κ2) is 12.0. The number of carbonyl (C=O) groups is 1. The van der Waals surface area contributed by atoms with Crippen molar-refractivity contribution >= 4 is 11.6 Å². The lowest BCUT2D eigenvalue weighted by molar-refractivity contribution is -0.127. The van der Waals surface area contributed by atoms with Gasteiger partial charge in [-0.1, -0.05) is 18.0 Å². The van der Waals surface area contributed by atoms with E-state index in [-0.39, 0.29) is 12.1 Å². The highest BCUT2D eigenvalue weighted by Crippen LogP contribution is 2.47. The van der Waals surface area contributed by atoms with Gasteiger partial charge in [0.25, 0.3) is 0 Å². The Bertz CT molecular complexity index is 1290. The van der Waals surface area contributed by atoms with E-state index in [9.17, 15) is 4.79 Å². The third-order valence-electron chi connectivity index (χ3n) is 9.66. The number of carbonyl (C=O) groups excluding carboxylic acids is 1. The molecule has 3 fully saturated rings. The molecule has 4 heterocycles. The lowest BCUT2D eigenvalue weighted by Crippen LogP contribution is -2.52. The SMILES string of the molecule is C#COCCC1CNCCN1c1cc(O[C@@H](C)[C@@H]2CCCN2C)nc(-c2onc3c2CCC[C@@]32CCCCC2=O)n1. The first-order valence-corrected chi connectivity index (χ1v) is 15.3. The molecule has 10 heteroatoms. The summed E-state index contributed by atoms with van der Waals surface area (Å²) in [6, 6.07) is 2.43. The highest BCUT2D eigenvalue weighted by molar-refractivity contribution is 5.91. The predicted octanol–water partition coefficient (Wildman–Crippen LogP) is 3.49. The first kappa shape index (κ1) is 28.0. The summed E-state index contributed by atoms with van der Waals surface area (Å²) in [5.74, 6) is 2.65. The van der Waals surface area contributed by atoms with Gasteiger partial charge in [-0.25, -0.2) is 4.98 Å². The molecule has 41 heavy (non-hydrogen) atoms. The number of anilines is 1. The molecular formula is C31H42N6O4. The van der Waals surface area contributed by atoms with Crippen LogP contribution in [-0.2, 0) is 21.4 Å². The first-order chi connectivity index (χ1) is 20.0. The number of likely N-dealkylation sites (N-methyl/N-ethyl adjacent to an activating group) is 1. The van der Waals surface area contributed by atoms with Gasteiger partial charge in [0, 0.05) is 56.2 Å². The number of nitrogens with one attached hydrogen (secondary N) is 1. The average Bonchev–Trinajstić information content (AvgIpc) is 3.62. The molecule has 6 rings (SSSR count). The predicted molar refractivity (Wildman–Crippen MR) is 155 cm³/mol. The van der Waals surface area contributed by atoms with Gasteiger partial charge < -0.3 is 24.2 Å². The van der Waals surface area contributed by atoms with E-state index in [1.807, 2.05) is 6.07 Å². The van der Waals surface area contributed by atoms with E-state index in [2.05, 4.69) is 40.4 Å². The largest absolute Gasteiger partial charge is 0.473 e. The van der Waals surface area contributed by atoms with E-state index in [1.54, 1.807) is 0 Å². The van der Waals surface area contributed by atoms with Crippen LogP contribution >= 0.6 is 0 Å². The Kier molecular flexibility index (Phi) is 8.18. The summed E-state index contributed by atoms with van der Waals surface area (Å²) >= 11 is 0. The van der Waals surface area contributed by atoms with Gasteiger partial charge in [-0.05, 0) is 65.5 Å². The van der Waals surface area contributed by atoms with Crippen LogP contribution in [-0.4, -0.2) is 83.8 Å². The molecule has 1 saturated carbocycles. The fourth-order valence-electron chi connectivity index (χ4n) is 7.48. The first-order valence-electron chi connectivity index (χ1n) is 15.3. The van der Waals surface area contributed by atoms with Gasteiger partial charge in [0.05, 0.1) is 5.41 Å². The van der Waals surface area contributed by atoms with Crippen molar-refractivity contribution in [3.63, 3.8) is 0 Å². The van der Waals surface area contributed by atoms with E-state index in [4.69, 9.17) is 30.4 Å². The number of ketones is 1. The smallest absolute Gasteiger partial charge is 0.219 e. The third kappa shape index (κ3) is 5.42. The van der Waals surface area contributed by atoms with E-state index < -0.39 is 5.41 Å². The van der Waals surface area contributed by atoms with Gasteiger partial charge in [-0.15, -0.1) is 0 Å². The van der Waals surface area contributed by atoms with Crippen molar-refractivity contribution in [2.45, 2.75) is 94.7 Å². The summed E-state index contributed by atoms with van der Waals surface area (Å²) in [5.41, 5.74) is 1.28. The summed E-state index contributed by atoms with van der Waals surface area (Å²) in [7, 11) is 2.15. The Balaban J connectivity index is 1.38. The number of likely N-dealkylation sites (tertiary alicyclic amines) is 1. The Hall–Kier alpha value is -3.16. The van der Waals surface area contributed by atoms with Crippen LogP contribution in [0.3, 0.4) is 0 Å². The normalized spacial score (nSPS) is 27.4. The van der Waals surface area contributed by atoms with Crippen molar-refractivity contribution in [1.82, 2.24) is 25.3 Å². The molecule has 10 nitrogen and oxygen atoms in total. The number of aromatic nitrogens is 3. The molecule has 1 spiro atoms. The van der Waals surface area contributed by atoms with Gasteiger partial charge in [-0.3, -0.25) is 9.69 Å². The zero-order chi connectivity index (χ0) is 28.4. The fourth-order valence-corrected chi connectivity index (χ4v) is 7.48. The molecule has 2 aromatic rings. The maximum absolute atomic E-state index is 13.2. The molecule has 1 unspecified atom stereocenters. The Labute approximate surface area is 242 Å². The van der Waals surface area contributed by atoms with E-state index in [0.717, 1.165) is 94.6 Å². The molecule has 0 aromatic carbocycles. The number of fused-ring (bicyclic) bond motifs is 2. The number of nitrogens with zero attached hydrogens (tertiary/aromatic N) is 5. The summed E-state index contributed by atoms with van der Waals surface area (Å²) in [5, 5.41) is 8.03. The second-order valence-corrected chi connectivity index (χ2v) is 12.1. The standard InChI is InChI=1S/C31H42N6O4/c1-4-39-18-12-22-20-32-15-17-37(22)26-19-27(40-21(2)24-10-8-16-36(24)3)34-30(33-26)28-23-9-7-14-31(29(23)35-41-28)13-6-5-11-25(31)38/h1,19,21-22,24,32H,5-18,20H2,2-3H3/t21-,22?,24-,31+/m0/s1. The molecule has 2 saturated heterocycles. The van der Waals surface area contributed by atoms with Crippen LogP contribution in [0, 0.1) is 12.5 Å². The second-order valence-electron chi connectivity index (χ2n) is 12.1. The number of Topliss-reactive ketones (excluding diaryl/α,β-unsaturated/α-hetero) is 1. The van der Waals surface area contributed by atoms with Crippen molar-refractivity contribution in [2.75, 3.05) is 44.7 Å². The number of hydrogen-bond donors (Lipinski definition) is 1. The minimum Gasteiger partial charge on any atom is -0.473 e. The highest BCUT2D eigenvalue weighted by atomic mass is 16.5. The van der Waals surface area contributed by atoms with Gasteiger partial charge in [0.2, 0.25) is 17.5 Å². The van der Waals surface area contributed by atoms with Gasteiger partial charge in [-0.2, -0.15) is 4.98 Å². The van der Waals surface area contributed by atoms with E-state index in [1.165, 1.54) is 6.42 Å². The molecule has 4 aliphatic rings. The molecule has 2 aromatic heterocycles. The molecule has 0 amide bonds. The molecule has 0 radical (unpaired) electrons. The summed E-state index contributed by atoms with van der Waals surface area (Å²) in [6.45, 7) is 6.09. The average molecular weight is 563 g/mol. The summed E-state index contributed by atoms with van der Waals surface area (Å²) < 4.78 is 17.8. The Morgan fingerprint density at radius 1 is 1.22 bits per heavy atom. The van der Waals surface area contributed by atoms with E-state index in [0.29, 0.717) is 42.3 Å². The molecule has 0 bridgehead atoms. The van der Waals surface area contributed by atoms with Gasteiger partial charge >= 0.3 is 0 Å². The minimum atomic E-state index is -0.521. The minimum absolute atomic E-state index is 0.0345. The lowest BCUT2D eigenvalue weighted by atomic mass is 9.64. The van der Waals surface area contributed by atoms with Crippen molar-refractivity contribution < 1.29 is 18.8 Å². The number of ether oxygens (including phenoxy) is 2. The van der Waals surface area contributed by atoms with Gasteiger partial charge in [0.15, 0.2) is 0 Å². The molecule has 1 N–H and O–H groups in total. The fraction of sp³-hybridized carbons (Fsp3) is 0.677. The number of rotatable bonds is 8. The Morgan fingerprint density at radius 2 is 2.10 bits per heavy atom. The number of piperazine rings is 1. The zero-order valence-electron chi connectivity index (χ0n) is 24.4. The number of hydrogen-bond acceptors (Lipinski definition) is 10. The molecule has 4 atom stereocenters. The van der Waals surface area contributed by atoms with Gasteiger partial charge in [0.1, 0.15) is 36.1 Å². The van der Waals surface area contributed by atoms with E-state index >= 15 is 0 Å². The molecule has 2 aliphatic carbocycles. The maximum Gasteiger partial charge on any atom is 0.219 e. The van der Waals surface area contributed by atoms with Crippen LogP contribution in [0.2, 0.25) is 0 Å². The number of terminal acetylenes is 1. The summed E-state index contributed by atoms with van der Waals surface area (Å²) in [4.78, 5) is 27.8. The van der Waals surface area contributed by atoms with Crippen LogP contribution in [0.25, 0.3) is 11.6 Å². The zero-order valence-corrected chi connectivity index (χ0v) is 24.4. The van der Waals surface area contributed by atoms with Crippen molar-refractivity contribution in [1.29, 1.82) is 0 Å². The molecule has 2 aliphatic heterocycles. The van der Waals surface area contributed by atoms with Crippen molar-refractivity contribution in [3.8, 4) is 30.0 Å². The maximum atomic E-state index is 13.2. The lowest BCUT2D eigenvalue weighted by Gasteiger charge is -2.37. The monoisotopic (exact) mass is 562 g/mol. The molecule has 220 valence electrons. The Morgan fingerprint density at radius 3 is 2.90 bits per heavy atom. The van der Waals surface area contributed by atoms with Crippen LogP contribution in [0.1, 0.15) is 76.0 Å². The third-order valence-corrected chi connectivity index (χ3v) is 9.66. The van der Waals surface area contributed by atoms with Crippen LogP contribution in [0.5, 0.6) is 5.88 Å². The molecular weight excluding hydrogens is 520 g/mol. The van der Waals surface area contributed by atoms with Crippen LogP contribution in [0.15, 0.2) is 10.6 Å². The van der Waals surface area contributed by atoms with Crippen molar-refractivity contribution in [3.05, 3.63) is 17.3 Å². The van der Waals surface area contributed by atoms with Crippen LogP contribution < -0.4 is 15.0 Å². The quantitative estimate of drug-likeness (QED) is 0.380.